The Bertz CT molecular complexity index is 1730. The van der Waals surface area contributed by atoms with Crippen LogP contribution in [0.4, 0.5) is 59.6 Å². The van der Waals surface area contributed by atoms with E-state index in [4.69, 9.17) is 0 Å². The van der Waals surface area contributed by atoms with E-state index in [9.17, 15) is 40.3 Å². The van der Waals surface area contributed by atoms with E-state index in [2.05, 4.69) is 42.3 Å². The summed E-state index contributed by atoms with van der Waals surface area (Å²) < 4.78 is 97.0. The maximum atomic E-state index is 14.9. The SMILES string of the molecule is C=C(OC(=O)C(F)(F)F)C(=O)Nc1ccc(F)c(Nc2nc(Nc3cn(C)nc3C)ncc2-c2ccc(C(F)(F)F)cc2)c1. The van der Waals surface area contributed by atoms with Gasteiger partial charge in [0.15, 0.2) is 5.76 Å². The molecule has 2 aromatic carbocycles. The number of benzene rings is 2. The second-order valence-corrected chi connectivity index (χ2v) is 9.04. The monoisotopic (exact) mass is 623 g/mol. The van der Waals surface area contributed by atoms with Crippen LogP contribution in [0.15, 0.2) is 67.2 Å². The summed E-state index contributed by atoms with van der Waals surface area (Å²) in [6.07, 6.45) is -7.03. The average molecular weight is 623 g/mol. The maximum Gasteiger partial charge on any atom is 0.491 e. The predicted molar refractivity (Wildman–Crippen MR) is 143 cm³/mol. The molecule has 0 saturated heterocycles. The number of nitrogens with one attached hydrogen (secondary N) is 3. The summed E-state index contributed by atoms with van der Waals surface area (Å²) in [7, 11) is 1.68. The number of aryl methyl sites for hydroxylation is 2. The Labute approximate surface area is 243 Å². The molecule has 0 fully saturated rings. The van der Waals surface area contributed by atoms with E-state index < -0.39 is 41.4 Å². The van der Waals surface area contributed by atoms with Crippen LogP contribution in [0.1, 0.15) is 11.3 Å². The Kier molecular flexibility index (Phi) is 8.59. The summed E-state index contributed by atoms with van der Waals surface area (Å²) in [6, 6.07) is 7.05. The van der Waals surface area contributed by atoms with Crippen LogP contribution in [-0.4, -0.2) is 37.8 Å². The normalized spacial score (nSPS) is 11.6. The van der Waals surface area contributed by atoms with Crippen LogP contribution in [0.5, 0.6) is 0 Å². The Balaban J connectivity index is 1.66. The van der Waals surface area contributed by atoms with Crippen LogP contribution in [0.3, 0.4) is 0 Å². The maximum absolute atomic E-state index is 14.9. The molecule has 1 amide bonds. The topological polar surface area (TPSA) is 123 Å². The standard InChI is InChI=1S/C27H20F7N7O3/c1-13-21(12-41(3)40-13)38-25-35-11-18(15-4-6-16(7-5-15)26(29,30)31)22(39-25)37-20-10-17(8-9-19(20)28)36-23(42)14(2)44-24(43)27(32,33)34/h4-12H,2H2,1,3H3,(H,36,42)(H2,35,37,38,39). The highest BCUT2D eigenvalue weighted by atomic mass is 19.4. The average Bonchev–Trinajstić information content (AvgIpc) is 3.25. The van der Waals surface area contributed by atoms with Gasteiger partial charge in [-0.25, -0.2) is 14.2 Å². The number of aromatic nitrogens is 4. The van der Waals surface area contributed by atoms with Gasteiger partial charge in [-0.15, -0.1) is 0 Å². The van der Waals surface area contributed by atoms with E-state index in [-0.39, 0.29) is 34.3 Å². The second-order valence-electron chi connectivity index (χ2n) is 9.04. The molecule has 0 atom stereocenters. The van der Waals surface area contributed by atoms with Crippen molar-refractivity contribution in [3.63, 3.8) is 0 Å². The number of rotatable bonds is 8. The Morgan fingerprint density at radius 3 is 2.25 bits per heavy atom. The van der Waals surface area contributed by atoms with Crippen molar-refractivity contribution in [2.45, 2.75) is 19.3 Å². The van der Waals surface area contributed by atoms with Gasteiger partial charge in [-0.05, 0) is 42.8 Å². The zero-order valence-electron chi connectivity index (χ0n) is 22.6. The van der Waals surface area contributed by atoms with Crippen LogP contribution in [-0.2, 0) is 27.5 Å². The van der Waals surface area contributed by atoms with E-state index in [1.165, 1.54) is 23.0 Å². The molecule has 44 heavy (non-hydrogen) atoms. The fourth-order valence-corrected chi connectivity index (χ4v) is 3.67. The first kappa shape index (κ1) is 31.5. The molecule has 0 bridgehead atoms. The van der Waals surface area contributed by atoms with Crippen molar-refractivity contribution in [2.24, 2.45) is 7.05 Å². The number of nitrogens with zero attached hydrogens (tertiary/aromatic N) is 4. The molecule has 4 rings (SSSR count). The summed E-state index contributed by atoms with van der Waals surface area (Å²) in [4.78, 5) is 31.8. The number of esters is 1. The third-order valence-electron chi connectivity index (χ3n) is 5.75. The van der Waals surface area contributed by atoms with Crippen molar-refractivity contribution >= 4 is 40.7 Å². The van der Waals surface area contributed by atoms with E-state index in [1.807, 2.05) is 0 Å². The van der Waals surface area contributed by atoms with Gasteiger partial charge in [0.2, 0.25) is 5.95 Å². The van der Waals surface area contributed by atoms with Crippen LogP contribution in [0.25, 0.3) is 11.1 Å². The summed E-state index contributed by atoms with van der Waals surface area (Å²) in [5.41, 5.74) is 0.149. The Hall–Kier alpha value is -5.48. The lowest BCUT2D eigenvalue weighted by Crippen LogP contribution is -2.28. The van der Waals surface area contributed by atoms with Gasteiger partial charge in [-0.2, -0.15) is 36.4 Å². The summed E-state index contributed by atoms with van der Waals surface area (Å²) in [6.45, 7) is 4.70. The molecule has 2 aromatic heterocycles. The molecule has 0 unspecified atom stereocenters. The third kappa shape index (κ3) is 7.47. The first-order valence-corrected chi connectivity index (χ1v) is 12.2. The van der Waals surface area contributed by atoms with Gasteiger partial charge in [-0.3, -0.25) is 9.48 Å². The van der Waals surface area contributed by atoms with Crippen molar-refractivity contribution in [1.29, 1.82) is 0 Å². The van der Waals surface area contributed by atoms with Crippen LogP contribution >= 0.6 is 0 Å². The minimum Gasteiger partial charge on any atom is -0.415 e. The summed E-state index contributed by atoms with van der Waals surface area (Å²) in [5.74, 6) is -6.11. The number of amides is 1. The molecule has 2 heterocycles. The summed E-state index contributed by atoms with van der Waals surface area (Å²) >= 11 is 0. The van der Waals surface area contributed by atoms with E-state index >= 15 is 0 Å². The van der Waals surface area contributed by atoms with Crippen LogP contribution in [0.2, 0.25) is 0 Å². The lowest BCUT2D eigenvalue weighted by molar-refractivity contribution is -0.195. The van der Waals surface area contributed by atoms with Gasteiger partial charge in [0.25, 0.3) is 5.91 Å². The number of ether oxygens (including phenoxy) is 1. The van der Waals surface area contributed by atoms with Crippen molar-refractivity contribution < 1.29 is 45.1 Å². The molecular weight excluding hydrogens is 603 g/mol. The lowest BCUT2D eigenvalue weighted by Gasteiger charge is -2.15. The van der Waals surface area contributed by atoms with Gasteiger partial charge >= 0.3 is 18.3 Å². The number of carbonyl (C=O) groups excluding carboxylic acids is 2. The molecule has 0 spiro atoms. The Morgan fingerprint density at radius 2 is 1.66 bits per heavy atom. The quantitative estimate of drug-likeness (QED) is 0.0894. The molecule has 0 aliphatic rings. The molecule has 0 aliphatic heterocycles. The van der Waals surface area contributed by atoms with Crippen molar-refractivity contribution in [3.8, 4) is 11.1 Å². The van der Waals surface area contributed by atoms with E-state index in [0.717, 1.165) is 30.3 Å². The zero-order chi connectivity index (χ0) is 32.4. The number of halogens is 7. The molecule has 0 radical (unpaired) electrons. The minimum atomic E-state index is -5.37. The molecule has 0 saturated carbocycles. The highest BCUT2D eigenvalue weighted by molar-refractivity contribution is 6.03. The Morgan fingerprint density at radius 1 is 0.977 bits per heavy atom. The third-order valence-corrected chi connectivity index (χ3v) is 5.75. The van der Waals surface area contributed by atoms with Crippen LogP contribution < -0.4 is 16.0 Å². The second kappa shape index (κ2) is 12.0. The molecule has 0 aliphatic carbocycles. The number of anilines is 5. The van der Waals surface area contributed by atoms with Gasteiger partial charge in [-0.1, -0.05) is 18.7 Å². The van der Waals surface area contributed by atoms with Crippen molar-refractivity contribution in [3.05, 3.63) is 84.3 Å². The lowest BCUT2D eigenvalue weighted by atomic mass is 10.1. The summed E-state index contributed by atoms with van der Waals surface area (Å²) in [5, 5.41) is 12.0. The molecule has 3 N–H and O–H groups in total. The highest BCUT2D eigenvalue weighted by Crippen LogP contribution is 2.35. The number of hydrogen-bond acceptors (Lipinski definition) is 8. The first-order valence-electron chi connectivity index (χ1n) is 12.2. The number of alkyl halides is 6. The first-order chi connectivity index (χ1) is 20.5. The van der Waals surface area contributed by atoms with E-state index in [1.54, 1.807) is 20.2 Å². The zero-order valence-corrected chi connectivity index (χ0v) is 22.6. The molecule has 4 aromatic rings. The minimum absolute atomic E-state index is 0.00640. The van der Waals surface area contributed by atoms with Gasteiger partial charge in [0, 0.05) is 30.7 Å². The van der Waals surface area contributed by atoms with Gasteiger partial charge in [0.1, 0.15) is 11.6 Å². The fraction of sp³-hybridized carbons (Fsp3) is 0.148. The van der Waals surface area contributed by atoms with Gasteiger partial charge in [0.05, 0.1) is 22.6 Å². The molecule has 17 heteroatoms. The molecule has 230 valence electrons. The largest absolute Gasteiger partial charge is 0.491 e. The highest BCUT2D eigenvalue weighted by Gasteiger charge is 2.42. The molecule has 10 nitrogen and oxygen atoms in total. The molecular formula is C27H20F7N7O3. The fourth-order valence-electron chi connectivity index (χ4n) is 3.67. The van der Waals surface area contributed by atoms with Crippen molar-refractivity contribution in [1.82, 2.24) is 19.7 Å². The van der Waals surface area contributed by atoms with E-state index in [0.29, 0.717) is 11.4 Å². The smallest absolute Gasteiger partial charge is 0.415 e. The number of hydrogen-bond donors (Lipinski definition) is 3. The van der Waals surface area contributed by atoms with Gasteiger partial charge < -0.3 is 20.7 Å². The van der Waals surface area contributed by atoms with Crippen LogP contribution in [0, 0.1) is 12.7 Å². The van der Waals surface area contributed by atoms with Crippen molar-refractivity contribution in [2.75, 3.05) is 16.0 Å². The predicted octanol–water partition coefficient (Wildman–Crippen LogP) is 6.39. The number of carbonyl (C=O) groups is 2.